The van der Waals surface area contributed by atoms with Crippen molar-refractivity contribution in [2.75, 3.05) is 32.8 Å². The lowest BCUT2D eigenvalue weighted by molar-refractivity contribution is -0.150. The Bertz CT molecular complexity index is 740. The Balaban J connectivity index is 1.53. The molecule has 0 aromatic heterocycles. The standard InChI is InChI=1S/C21H23NO4/c1-15(14-22-10-12-24-13-11-22)25-21(23)20-16-6-2-4-8-18(16)26-19-9-5-3-7-17(19)20/h2-9,15,20H,10-14H2,1H3/t15-/m0/s1. The highest BCUT2D eigenvalue weighted by Gasteiger charge is 2.34. The maximum Gasteiger partial charge on any atom is 0.318 e. The number of ether oxygens (including phenoxy) is 3. The number of para-hydroxylation sites is 2. The lowest BCUT2D eigenvalue weighted by Crippen LogP contribution is -2.41. The first-order chi connectivity index (χ1) is 12.7. The van der Waals surface area contributed by atoms with Gasteiger partial charge in [0.25, 0.3) is 0 Å². The summed E-state index contributed by atoms with van der Waals surface area (Å²) in [6.45, 7) is 5.91. The van der Waals surface area contributed by atoms with Crippen LogP contribution in [0.1, 0.15) is 24.0 Å². The smallest absolute Gasteiger partial charge is 0.318 e. The first-order valence-corrected chi connectivity index (χ1v) is 9.08. The van der Waals surface area contributed by atoms with Gasteiger partial charge in [-0.1, -0.05) is 36.4 Å². The lowest BCUT2D eigenvalue weighted by Gasteiger charge is -2.31. The van der Waals surface area contributed by atoms with E-state index in [4.69, 9.17) is 14.2 Å². The molecule has 2 aromatic carbocycles. The molecule has 0 N–H and O–H groups in total. The molecule has 0 bridgehead atoms. The van der Waals surface area contributed by atoms with Crippen LogP contribution in [0.4, 0.5) is 0 Å². The van der Waals surface area contributed by atoms with Crippen LogP contribution in [0.3, 0.4) is 0 Å². The number of nitrogens with zero attached hydrogens (tertiary/aromatic N) is 1. The molecule has 26 heavy (non-hydrogen) atoms. The summed E-state index contributed by atoms with van der Waals surface area (Å²) in [5, 5.41) is 0. The molecule has 4 rings (SSSR count). The monoisotopic (exact) mass is 353 g/mol. The number of esters is 1. The van der Waals surface area contributed by atoms with Crippen molar-refractivity contribution < 1.29 is 19.0 Å². The highest BCUT2D eigenvalue weighted by atomic mass is 16.5. The van der Waals surface area contributed by atoms with Crippen molar-refractivity contribution in [3.8, 4) is 11.5 Å². The molecular formula is C21H23NO4. The van der Waals surface area contributed by atoms with Crippen LogP contribution in [0, 0.1) is 0 Å². The van der Waals surface area contributed by atoms with Gasteiger partial charge in [-0.25, -0.2) is 0 Å². The highest BCUT2D eigenvalue weighted by Crippen LogP contribution is 2.44. The van der Waals surface area contributed by atoms with Gasteiger partial charge in [0, 0.05) is 30.8 Å². The number of rotatable bonds is 4. The maximum absolute atomic E-state index is 13.1. The zero-order valence-electron chi connectivity index (χ0n) is 14.9. The fraction of sp³-hybridized carbons (Fsp3) is 0.381. The Morgan fingerprint density at radius 1 is 1.08 bits per heavy atom. The summed E-state index contributed by atoms with van der Waals surface area (Å²) in [7, 11) is 0. The van der Waals surface area contributed by atoms with Crippen molar-refractivity contribution >= 4 is 5.97 Å². The molecule has 5 nitrogen and oxygen atoms in total. The zero-order valence-corrected chi connectivity index (χ0v) is 14.9. The van der Waals surface area contributed by atoms with Crippen LogP contribution >= 0.6 is 0 Å². The summed E-state index contributed by atoms with van der Waals surface area (Å²) in [4.78, 5) is 15.3. The molecule has 1 fully saturated rings. The van der Waals surface area contributed by atoms with Crippen LogP contribution in [0.5, 0.6) is 11.5 Å². The minimum Gasteiger partial charge on any atom is -0.461 e. The summed E-state index contributed by atoms with van der Waals surface area (Å²) in [5.41, 5.74) is 1.71. The van der Waals surface area contributed by atoms with Crippen LogP contribution in [-0.2, 0) is 14.3 Å². The van der Waals surface area contributed by atoms with E-state index in [9.17, 15) is 4.79 Å². The number of hydrogen-bond acceptors (Lipinski definition) is 5. The molecule has 2 aromatic rings. The van der Waals surface area contributed by atoms with E-state index in [0.29, 0.717) is 11.5 Å². The fourth-order valence-electron chi connectivity index (χ4n) is 3.61. The summed E-state index contributed by atoms with van der Waals surface area (Å²) in [6, 6.07) is 15.3. The van der Waals surface area contributed by atoms with Gasteiger partial charge in [0.05, 0.1) is 13.2 Å². The number of carbonyl (C=O) groups excluding carboxylic acids is 1. The molecule has 0 aliphatic carbocycles. The summed E-state index contributed by atoms with van der Waals surface area (Å²) in [6.07, 6.45) is -0.178. The van der Waals surface area contributed by atoms with Gasteiger partial charge < -0.3 is 14.2 Å². The Morgan fingerprint density at radius 2 is 1.65 bits per heavy atom. The van der Waals surface area contributed by atoms with E-state index in [2.05, 4.69) is 4.90 Å². The average Bonchev–Trinajstić information content (AvgIpc) is 2.66. The molecule has 2 aliphatic heterocycles. The first-order valence-electron chi connectivity index (χ1n) is 9.08. The second kappa shape index (κ2) is 7.48. The highest BCUT2D eigenvalue weighted by molar-refractivity contribution is 5.85. The van der Waals surface area contributed by atoms with Gasteiger partial charge in [0.15, 0.2) is 0 Å². The molecule has 0 unspecified atom stereocenters. The number of fused-ring (bicyclic) bond motifs is 2. The molecule has 1 saturated heterocycles. The summed E-state index contributed by atoms with van der Waals surface area (Å²) >= 11 is 0. The fourth-order valence-corrected chi connectivity index (χ4v) is 3.61. The predicted molar refractivity (Wildman–Crippen MR) is 97.6 cm³/mol. The molecule has 0 amide bonds. The first kappa shape index (κ1) is 17.1. The lowest BCUT2D eigenvalue weighted by atomic mass is 9.88. The van der Waals surface area contributed by atoms with Gasteiger partial charge in [0.2, 0.25) is 0 Å². The van der Waals surface area contributed by atoms with Crippen LogP contribution in [0.15, 0.2) is 48.5 Å². The molecule has 5 heteroatoms. The number of benzene rings is 2. The Kier molecular flexibility index (Phi) is 4.91. The van der Waals surface area contributed by atoms with Crippen molar-refractivity contribution in [2.45, 2.75) is 18.9 Å². The third-order valence-electron chi connectivity index (χ3n) is 4.85. The quantitative estimate of drug-likeness (QED) is 0.790. The van der Waals surface area contributed by atoms with Gasteiger partial charge in [-0.05, 0) is 19.1 Å². The third-order valence-corrected chi connectivity index (χ3v) is 4.85. The number of hydrogen-bond donors (Lipinski definition) is 0. The minimum absolute atomic E-state index is 0.178. The van der Waals surface area contributed by atoms with Crippen LogP contribution in [0.25, 0.3) is 0 Å². The van der Waals surface area contributed by atoms with Gasteiger partial charge in [0.1, 0.15) is 23.5 Å². The SMILES string of the molecule is C[C@@H](CN1CCOCC1)OC(=O)C1c2ccccc2Oc2ccccc21. The number of carbonyl (C=O) groups is 1. The zero-order chi connectivity index (χ0) is 17.9. The molecule has 1 atom stereocenters. The molecular weight excluding hydrogens is 330 g/mol. The topological polar surface area (TPSA) is 48.0 Å². The van der Waals surface area contributed by atoms with E-state index in [1.807, 2.05) is 55.5 Å². The molecule has 0 saturated carbocycles. The minimum atomic E-state index is -0.455. The Morgan fingerprint density at radius 3 is 2.27 bits per heavy atom. The predicted octanol–water partition coefficient (Wildman–Crippen LogP) is 3.19. The Labute approximate surface area is 153 Å². The summed E-state index contributed by atoms with van der Waals surface area (Å²) in [5.74, 6) is 0.750. The van der Waals surface area contributed by atoms with Gasteiger partial charge >= 0.3 is 5.97 Å². The van der Waals surface area contributed by atoms with E-state index >= 15 is 0 Å². The second-order valence-corrected chi connectivity index (χ2v) is 6.77. The van der Waals surface area contributed by atoms with Crippen molar-refractivity contribution in [2.24, 2.45) is 0 Å². The van der Waals surface area contributed by atoms with Gasteiger partial charge in [-0.2, -0.15) is 0 Å². The molecule has 2 heterocycles. The van der Waals surface area contributed by atoms with E-state index in [1.54, 1.807) is 0 Å². The van der Waals surface area contributed by atoms with Gasteiger partial charge in [-0.3, -0.25) is 9.69 Å². The molecule has 136 valence electrons. The largest absolute Gasteiger partial charge is 0.461 e. The summed E-state index contributed by atoms with van der Waals surface area (Å²) < 4.78 is 17.2. The molecule has 2 aliphatic rings. The molecule has 0 radical (unpaired) electrons. The average molecular weight is 353 g/mol. The van der Waals surface area contributed by atoms with Crippen molar-refractivity contribution in [3.05, 3.63) is 59.7 Å². The maximum atomic E-state index is 13.1. The Hall–Kier alpha value is -2.37. The number of morpholine rings is 1. The normalized spacial score (nSPS) is 18.3. The molecule has 0 spiro atoms. The van der Waals surface area contributed by atoms with E-state index in [1.165, 1.54) is 0 Å². The second-order valence-electron chi connectivity index (χ2n) is 6.77. The van der Waals surface area contributed by atoms with Crippen molar-refractivity contribution in [1.82, 2.24) is 4.90 Å². The van der Waals surface area contributed by atoms with Crippen LogP contribution < -0.4 is 4.74 Å². The van der Waals surface area contributed by atoms with Gasteiger partial charge in [-0.15, -0.1) is 0 Å². The van der Waals surface area contributed by atoms with Crippen molar-refractivity contribution in [3.63, 3.8) is 0 Å². The van der Waals surface area contributed by atoms with E-state index in [-0.39, 0.29) is 12.1 Å². The van der Waals surface area contributed by atoms with Crippen LogP contribution in [-0.4, -0.2) is 49.8 Å². The van der Waals surface area contributed by atoms with E-state index < -0.39 is 5.92 Å². The van der Waals surface area contributed by atoms with Crippen molar-refractivity contribution in [1.29, 1.82) is 0 Å². The third kappa shape index (κ3) is 3.45. The van der Waals surface area contributed by atoms with Crippen LogP contribution in [0.2, 0.25) is 0 Å². The van der Waals surface area contributed by atoms with E-state index in [0.717, 1.165) is 44.0 Å².